The van der Waals surface area contributed by atoms with Crippen LogP contribution in [-0.4, -0.2) is 65.7 Å². The monoisotopic (exact) mass is 469 g/mol. The highest BCUT2D eigenvalue weighted by Crippen LogP contribution is 2.24. The first kappa shape index (κ1) is 21.7. The molecule has 0 bridgehead atoms. The van der Waals surface area contributed by atoms with Crippen LogP contribution in [0.15, 0.2) is 43.5 Å². The molecule has 3 heterocycles. The Morgan fingerprint density at radius 2 is 1.61 bits per heavy atom. The minimum absolute atomic E-state index is 0.00966. The van der Waals surface area contributed by atoms with Gasteiger partial charge in [0.2, 0.25) is 10.0 Å². The van der Waals surface area contributed by atoms with Gasteiger partial charge in [-0.25, -0.2) is 26.6 Å². The second kappa shape index (κ2) is 7.58. The maximum Gasteiger partial charge on any atom is 0.419 e. The molecule has 0 N–H and O–H groups in total. The van der Waals surface area contributed by atoms with Crippen molar-refractivity contribution in [3.63, 3.8) is 0 Å². The normalized spacial score (nSPS) is 17.3. The van der Waals surface area contributed by atoms with Gasteiger partial charge in [-0.3, -0.25) is 4.57 Å². The zero-order valence-corrected chi connectivity index (χ0v) is 19.0. The van der Waals surface area contributed by atoms with E-state index >= 15 is 0 Å². The molecule has 0 amide bonds. The first-order chi connectivity index (χ1) is 14.5. The van der Waals surface area contributed by atoms with Gasteiger partial charge in [-0.15, -0.1) is 0 Å². The Morgan fingerprint density at radius 1 is 0.968 bits per heavy atom. The van der Waals surface area contributed by atoms with E-state index in [1.165, 1.54) is 44.6 Å². The molecule has 1 fully saturated rings. The number of imidazole rings is 1. The highest BCUT2D eigenvalue weighted by Gasteiger charge is 2.33. The molecule has 3 aromatic rings. The second-order valence-corrected chi connectivity index (χ2v) is 11.3. The number of rotatable bonds is 4. The Balaban J connectivity index is 1.59. The van der Waals surface area contributed by atoms with E-state index < -0.39 is 25.8 Å². The molecule has 0 saturated carbocycles. The van der Waals surface area contributed by atoms with Crippen molar-refractivity contribution in [2.75, 3.05) is 26.2 Å². The lowest BCUT2D eigenvalue weighted by atomic mass is 10.3. The van der Waals surface area contributed by atoms with Gasteiger partial charge >= 0.3 is 5.76 Å². The fraction of sp³-hybridized carbons (Fsp3) is 0.444. The molecular weight excluding hydrogens is 446 g/mol. The lowest BCUT2D eigenvalue weighted by Gasteiger charge is -2.21. The fourth-order valence-corrected chi connectivity index (χ4v) is 6.53. The van der Waals surface area contributed by atoms with Crippen molar-refractivity contribution in [2.45, 2.75) is 23.3 Å². The summed E-state index contributed by atoms with van der Waals surface area (Å²) in [6, 6.07) is 4.23. The molecule has 0 unspecified atom stereocenters. The summed E-state index contributed by atoms with van der Waals surface area (Å²) in [5.41, 5.74) is 0.667. The molecule has 0 spiro atoms. The largest absolute Gasteiger partial charge is 0.419 e. The van der Waals surface area contributed by atoms with E-state index in [0.717, 1.165) is 0 Å². The molecule has 168 valence electrons. The van der Waals surface area contributed by atoms with Crippen molar-refractivity contribution < 1.29 is 21.3 Å². The Kier molecular flexibility index (Phi) is 5.32. The summed E-state index contributed by atoms with van der Waals surface area (Å²) in [6.07, 6.45) is 1.80. The van der Waals surface area contributed by atoms with E-state index in [-0.39, 0.29) is 36.1 Å². The highest BCUT2D eigenvalue weighted by atomic mass is 32.2. The molecule has 31 heavy (non-hydrogen) atoms. The van der Waals surface area contributed by atoms with E-state index in [1.807, 2.05) is 0 Å². The number of oxazole rings is 1. The van der Waals surface area contributed by atoms with Crippen molar-refractivity contribution in [1.82, 2.24) is 22.7 Å². The van der Waals surface area contributed by atoms with Gasteiger partial charge < -0.3 is 8.98 Å². The number of hydrogen-bond donors (Lipinski definition) is 0. The number of benzene rings is 1. The Morgan fingerprint density at radius 3 is 2.23 bits per heavy atom. The van der Waals surface area contributed by atoms with E-state index in [9.17, 15) is 21.6 Å². The third kappa shape index (κ3) is 3.71. The van der Waals surface area contributed by atoms with Crippen LogP contribution in [0.25, 0.3) is 11.1 Å². The van der Waals surface area contributed by atoms with Crippen LogP contribution < -0.4 is 5.76 Å². The summed E-state index contributed by atoms with van der Waals surface area (Å²) in [4.78, 5) is 15.8. The predicted octanol–water partition coefficient (Wildman–Crippen LogP) is 0.259. The standard InChI is InChI=1S/C18H23N5O6S2/c1-13-19-17(12-20(13)2)31(27,28)23-8-4-7-22(9-10-23)30(25,26)14-5-6-16-15(11-14)21(3)18(24)29-16/h5-6,11-12H,4,7-10H2,1-3H3. The van der Waals surface area contributed by atoms with Gasteiger partial charge in [0.25, 0.3) is 10.0 Å². The minimum atomic E-state index is -3.89. The lowest BCUT2D eigenvalue weighted by molar-refractivity contribution is 0.403. The number of aromatic nitrogens is 3. The molecule has 0 atom stereocenters. The Labute approximate surface area is 179 Å². The van der Waals surface area contributed by atoms with Crippen LogP contribution in [0, 0.1) is 6.92 Å². The fourth-order valence-electron chi connectivity index (χ4n) is 3.55. The van der Waals surface area contributed by atoms with Crippen molar-refractivity contribution in [1.29, 1.82) is 0 Å². The van der Waals surface area contributed by atoms with Crippen LogP contribution in [0.2, 0.25) is 0 Å². The molecule has 0 aliphatic carbocycles. The molecule has 2 aromatic heterocycles. The third-order valence-corrected chi connectivity index (χ3v) is 9.17. The number of nitrogens with zero attached hydrogens (tertiary/aromatic N) is 5. The van der Waals surface area contributed by atoms with Crippen LogP contribution >= 0.6 is 0 Å². The quantitative estimate of drug-likeness (QED) is 0.536. The lowest BCUT2D eigenvalue weighted by Crippen LogP contribution is -2.37. The molecule has 1 aromatic carbocycles. The van der Waals surface area contributed by atoms with Gasteiger partial charge in [-0.2, -0.15) is 8.61 Å². The van der Waals surface area contributed by atoms with Crippen LogP contribution in [0.4, 0.5) is 0 Å². The van der Waals surface area contributed by atoms with E-state index in [1.54, 1.807) is 18.5 Å². The topological polar surface area (TPSA) is 128 Å². The summed E-state index contributed by atoms with van der Waals surface area (Å²) in [5, 5.41) is -0.0462. The Hall–Kier alpha value is -2.48. The predicted molar refractivity (Wildman–Crippen MR) is 112 cm³/mol. The van der Waals surface area contributed by atoms with Crippen molar-refractivity contribution in [3.8, 4) is 0 Å². The van der Waals surface area contributed by atoms with Crippen LogP contribution in [-0.2, 0) is 34.1 Å². The number of sulfonamides is 2. The van der Waals surface area contributed by atoms with Gasteiger partial charge in [-0.05, 0) is 31.5 Å². The van der Waals surface area contributed by atoms with Gasteiger partial charge in [-0.1, -0.05) is 0 Å². The van der Waals surface area contributed by atoms with Crippen LogP contribution in [0.5, 0.6) is 0 Å². The van der Waals surface area contributed by atoms with Crippen molar-refractivity contribution >= 4 is 31.1 Å². The zero-order valence-electron chi connectivity index (χ0n) is 17.3. The second-order valence-electron chi connectivity index (χ2n) is 7.46. The average Bonchev–Trinajstić information content (AvgIpc) is 3.08. The number of fused-ring (bicyclic) bond motifs is 1. The van der Waals surface area contributed by atoms with E-state index in [2.05, 4.69) is 4.98 Å². The third-order valence-electron chi connectivity index (χ3n) is 5.51. The summed E-state index contributed by atoms with van der Waals surface area (Å²) in [5.74, 6) is -0.00781. The molecule has 13 heteroatoms. The van der Waals surface area contributed by atoms with Gasteiger partial charge in [0, 0.05) is 46.5 Å². The van der Waals surface area contributed by atoms with Crippen LogP contribution in [0.1, 0.15) is 12.2 Å². The molecule has 4 rings (SSSR count). The highest BCUT2D eigenvalue weighted by molar-refractivity contribution is 7.89. The SMILES string of the molecule is Cc1nc(S(=O)(=O)N2CCCN(S(=O)(=O)c3ccc4oc(=O)n(C)c4c3)CC2)cn1C. The maximum absolute atomic E-state index is 13.2. The molecule has 11 nitrogen and oxygen atoms in total. The molecule has 1 aliphatic heterocycles. The number of hydrogen-bond acceptors (Lipinski definition) is 7. The summed E-state index contributed by atoms with van der Waals surface area (Å²) in [7, 11) is -4.50. The number of aryl methyl sites for hydroxylation is 3. The Bertz CT molecular complexity index is 1400. The minimum Gasteiger partial charge on any atom is -0.408 e. The van der Waals surface area contributed by atoms with Gasteiger partial charge in [0.1, 0.15) is 5.82 Å². The first-order valence-electron chi connectivity index (χ1n) is 9.61. The zero-order chi connectivity index (χ0) is 22.6. The first-order valence-corrected chi connectivity index (χ1v) is 12.5. The maximum atomic E-state index is 13.2. The molecule has 1 aliphatic rings. The van der Waals surface area contributed by atoms with Crippen molar-refractivity contribution in [2.24, 2.45) is 14.1 Å². The smallest absolute Gasteiger partial charge is 0.408 e. The van der Waals surface area contributed by atoms with Crippen LogP contribution in [0.3, 0.4) is 0 Å². The summed E-state index contributed by atoms with van der Waals surface area (Å²) in [6.45, 7) is 2.11. The van der Waals surface area contributed by atoms with Crippen molar-refractivity contribution in [3.05, 3.63) is 40.8 Å². The van der Waals surface area contributed by atoms with Gasteiger partial charge in [0.05, 0.1) is 10.4 Å². The van der Waals surface area contributed by atoms with Gasteiger partial charge in [0.15, 0.2) is 10.6 Å². The molecule has 0 radical (unpaired) electrons. The van der Waals surface area contributed by atoms with E-state index in [4.69, 9.17) is 4.42 Å². The summed E-state index contributed by atoms with van der Waals surface area (Å²) < 4.78 is 62.8. The van der Waals surface area contributed by atoms with E-state index in [0.29, 0.717) is 23.3 Å². The molecule has 1 saturated heterocycles. The molecular formula is C18H23N5O6S2. The summed E-state index contributed by atoms with van der Waals surface area (Å²) >= 11 is 0. The average molecular weight is 470 g/mol.